The number of ether oxygens (including phenoxy) is 3. The number of anilines is 2. The lowest BCUT2D eigenvalue weighted by atomic mass is 10.1. The van der Waals surface area contributed by atoms with E-state index in [-0.39, 0.29) is 24.8 Å². The maximum absolute atomic E-state index is 13.4. The summed E-state index contributed by atoms with van der Waals surface area (Å²) in [6.07, 6.45) is 2.18. The number of nitrogens with one attached hydrogen (secondary N) is 2. The van der Waals surface area contributed by atoms with E-state index in [0.29, 0.717) is 66.4 Å². The maximum atomic E-state index is 13.4. The van der Waals surface area contributed by atoms with Crippen LogP contribution in [0.3, 0.4) is 0 Å². The molecule has 0 atom stereocenters. The Kier molecular flexibility index (Phi) is 13.6. The number of para-hydroxylation sites is 1. The van der Waals surface area contributed by atoms with Crippen LogP contribution in [0.2, 0.25) is 0 Å². The molecule has 0 unspecified atom stereocenters. The smallest absolute Gasteiger partial charge is 0.407 e. The number of carboxylic acids is 1. The summed E-state index contributed by atoms with van der Waals surface area (Å²) >= 11 is 0. The van der Waals surface area contributed by atoms with E-state index in [1.165, 1.54) is 4.90 Å². The molecule has 0 bridgehead atoms. The summed E-state index contributed by atoms with van der Waals surface area (Å²) in [4.78, 5) is 50.5. The third-order valence-corrected chi connectivity index (χ3v) is 6.84. The number of hydrogen-bond acceptors (Lipinski definition) is 7. The lowest BCUT2D eigenvalue weighted by Gasteiger charge is -2.21. The molecule has 11 nitrogen and oxygen atoms in total. The van der Waals surface area contributed by atoms with Gasteiger partial charge in [-0.1, -0.05) is 18.2 Å². The van der Waals surface area contributed by atoms with Crippen molar-refractivity contribution in [2.45, 2.75) is 65.4 Å². The number of aryl methyl sites for hydroxylation is 1. The van der Waals surface area contributed by atoms with E-state index in [1.807, 2.05) is 25.1 Å². The van der Waals surface area contributed by atoms with Crippen LogP contribution in [0.1, 0.15) is 79.2 Å². The average Bonchev–Trinajstić information content (AvgIpc) is 3.01. The highest BCUT2D eigenvalue weighted by Crippen LogP contribution is 2.30. The zero-order chi connectivity index (χ0) is 34.4. The number of carbonyl (C=O) groups is 4. The van der Waals surface area contributed by atoms with Crippen LogP contribution in [0.25, 0.3) is 0 Å². The van der Waals surface area contributed by atoms with Gasteiger partial charge in [0.25, 0.3) is 11.8 Å². The quantitative estimate of drug-likeness (QED) is 0.143. The fourth-order valence-electron chi connectivity index (χ4n) is 4.49. The number of rotatable bonds is 16. The number of unbranched alkanes of at least 4 members (excludes halogenated alkanes) is 2. The van der Waals surface area contributed by atoms with Crippen LogP contribution < -0.4 is 25.0 Å². The molecule has 0 aliphatic rings. The Labute approximate surface area is 276 Å². The minimum absolute atomic E-state index is 0.134. The summed E-state index contributed by atoms with van der Waals surface area (Å²) in [5.74, 6) is -0.446. The van der Waals surface area contributed by atoms with E-state index in [0.717, 1.165) is 12.0 Å². The largest absolute Gasteiger partial charge is 0.493 e. The van der Waals surface area contributed by atoms with Crippen LogP contribution in [-0.2, 0) is 9.53 Å². The van der Waals surface area contributed by atoms with Crippen molar-refractivity contribution >= 4 is 35.3 Å². The molecule has 0 fully saturated rings. The molecule has 47 heavy (non-hydrogen) atoms. The van der Waals surface area contributed by atoms with Crippen LogP contribution in [-0.4, -0.2) is 61.4 Å². The van der Waals surface area contributed by atoms with E-state index in [4.69, 9.17) is 19.3 Å². The first kappa shape index (κ1) is 36.4. The molecule has 3 amide bonds. The van der Waals surface area contributed by atoms with Crippen molar-refractivity contribution in [1.29, 1.82) is 0 Å². The number of hydrogen-bond donors (Lipinski definition) is 3. The van der Waals surface area contributed by atoms with Gasteiger partial charge in [-0.15, -0.1) is 0 Å². The van der Waals surface area contributed by atoms with Gasteiger partial charge in [-0.05, 0) is 107 Å². The van der Waals surface area contributed by atoms with Crippen molar-refractivity contribution in [3.8, 4) is 11.5 Å². The Hall–Kier alpha value is -5.06. The summed E-state index contributed by atoms with van der Waals surface area (Å²) in [6, 6.07) is 19.1. The van der Waals surface area contributed by atoms with E-state index < -0.39 is 17.7 Å². The number of carbonyl (C=O) groups excluding carboxylic acids is 3. The lowest BCUT2D eigenvalue weighted by Crippen LogP contribution is -2.33. The van der Waals surface area contributed by atoms with Gasteiger partial charge in [0, 0.05) is 31.3 Å². The molecule has 3 rings (SSSR count). The van der Waals surface area contributed by atoms with Gasteiger partial charge in [-0.3, -0.25) is 14.4 Å². The van der Waals surface area contributed by atoms with Crippen molar-refractivity contribution in [3.05, 3.63) is 83.4 Å². The molecule has 0 spiro atoms. The van der Waals surface area contributed by atoms with Crippen molar-refractivity contribution in [3.63, 3.8) is 0 Å². The van der Waals surface area contributed by atoms with Gasteiger partial charge < -0.3 is 34.9 Å². The van der Waals surface area contributed by atoms with Crippen LogP contribution in [0, 0.1) is 6.92 Å². The number of aliphatic carboxylic acids is 1. The molecular formula is C36H45N3O8. The van der Waals surface area contributed by atoms with Gasteiger partial charge in [0.15, 0.2) is 0 Å². The lowest BCUT2D eigenvalue weighted by molar-refractivity contribution is -0.137. The van der Waals surface area contributed by atoms with Gasteiger partial charge in [-0.2, -0.15) is 0 Å². The first-order valence-electron chi connectivity index (χ1n) is 15.7. The number of carboxylic acid groups (broad SMARTS) is 1. The molecule has 0 aromatic heterocycles. The second-order valence-corrected chi connectivity index (χ2v) is 12.0. The van der Waals surface area contributed by atoms with Crippen LogP contribution >= 0.6 is 0 Å². The summed E-state index contributed by atoms with van der Waals surface area (Å²) < 4.78 is 17.0. The minimum Gasteiger partial charge on any atom is -0.493 e. The van der Waals surface area contributed by atoms with Crippen molar-refractivity contribution in [1.82, 2.24) is 5.32 Å². The van der Waals surface area contributed by atoms with E-state index in [2.05, 4.69) is 10.6 Å². The second-order valence-electron chi connectivity index (χ2n) is 12.0. The normalized spacial score (nSPS) is 10.9. The fraction of sp³-hybridized carbons (Fsp3) is 0.389. The Balaban J connectivity index is 1.56. The molecule has 11 heteroatoms. The van der Waals surface area contributed by atoms with Gasteiger partial charge in [-0.25, -0.2) is 4.79 Å². The van der Waals surface area contributed by atoms with Crippen molar-refractivity contribution in [2.24, 2.45) is 0 Å². The molecule has 0 aliphatic carbocycles. The minimum atomic E-state index is -0.808. The van der Waals surface area contributed by atoms with Gasteiger partial charge in [0.05, 0.1) is 24.5 Å². The zero-order valence-electron chi connectivity index (χ0n) is 27.8. The number of nitrogens with zero attached hydrogens (tertiary/aromatic N) is 1. The predicted molar refractivity (Wildman–Crippen MR) is 181 cm³/mol. The SMILES string of the molecule is Cc1ccc(N(C)C(=O)c2ccc(NC(=O)c3ccccc3OCCCNC(=O)OC(C)(C)C)cc2)c(OCCCCCC(=O)O)c1. The third kappa shape index (κ3) is 12.3. The highest BCUT2D eigenvalue weighted by atomic mass is 16.6. The first-order chi connectivity index (χ1) is 22.3. The van der Waals surface area contributed by atoms with Crippen LogP contribution in [0.4, 0.5) is 16.2 Å². The number of benzene rings is 3. The molecule has 0 radical (unpaired) electrons. The molecule has 252 valence electrons. The Morgan fingerprint density at radius 2 is 1.51 bits per heavy atom. The first-order valence-corrected chi connectivity index (χ1v) is 15.7. The van der Waals surface area contributed by atoms with E-state index in [1.54, 1.807) is 76.3 Å². The molecule has 0 heterocycles. The van der Waals surface area contributed by atoms with Crippen molar-refractivity contribution in [2.75, 3.05) is 37.0 Å². The molecule has 3 aromatic carbocycles. The Morgan fingerprint density at radius 3 is 2.21 bits per heavy atom. The topological polar surface area (TPSA) is 144 Å². The van der Waals surface area contributed by atoms with Crippen molar-refractivity contribution < 1.29 is 38.5 Å². The summed E-state index contributed by atoms with van der Waals surface area (Å²) in [5.41, 5.74) is 2.30. The van der Waals surface area contributed by atoms with Crippen LogP contribution in [0.15, 0.2) is 66.7 Å². The van der Waals surface area contributed by atoms with E-state index in [9.17, 15) is 19.2 Å². The molecule has 0 saturated carbocycles. The van der Waals surface area contributed by atoms with Gasteiger partial charge >= 0.3 is 12.1 Å². The number of alkyl carbamates (subject to hydrolysis) is 1. The predicted octanol–water partition coefficient (Wildman–Crippen LogP) is 6.84. The third-order valence-electron chi connectivity index (χ3n) is 6.84. The molecular weight excluding hydrogens is 602 g/mol. The van der Waals surface area contributed by atoms with E-state index >= 15 is 0 Å². The average molecular weight is 648 g/mol. The van der Waals surface area contributed by atoms with Gasteiger partial charge in [0.2, 0.25) is 0 Å². The molecule has 0 aliphatic heterocycles. The highest BCUT2D eigenvalue weighted by Gasteiger charge is 2.19. The summed E-state index contributed by atoms with van der Waals surface area (Å²) in [5, 5.41) is 14.3. The standard InChI is InChI=1S/C36H45N3O8/c1-25-15-20-29(31(24-25)46-22-10-6-7-14-32(40)41)39(5)34(43)26-16-18-27(19-17-26)38-33(42)28-12-8-9-13-30(28)45-23-11-21-37-35(44)47-36(2,3)4/h8-9,12-13,15-20,24H,6-7,10-11,14,21-23H2,1-5H3,(H,37,44)(H,38,42)(H,40,41). The molecule has 0 saturated heterocycles. The number of amides is 3. The Morgan fingerprint density at radius 1 is 0.830 bits per heavy atom. The van der Waals surface area contributed by atoms with Gasteiger partial charge in [0.1, 0.15) is 17.1 Å². The molecule has 3 aromatic rings. The fourth-order valence-corrected chi connectivity index (χ4v) is 4.49. The highest BCUT2D eigenvalue weighted by molar-refractivity contribution is 6.08. The summed E-state index contributed by atoms with van der Waals surface area (Å²) in [6.45, 7) is 8.37. The molecule has 3 N–H and O–H groups in total. The zero-order valence-corrected chi connectivity index (χ0v) is 27.8. The maximum Gasteiger partial charge on any atom is 0.407 e. The second kappa shape index (κ2) is 17.6. The monoisotopic (exact) mass is 647 g/mol. The summed E-state index contributed by atoms with van der Waals surface area (Å²) in [7, 11) is 1.67. The Bertz CT molecular complexity index is 1520. The van der Waals surface area contributed by atoms with Crippen LogP contribution in [0.5, 0.6) is 11.5 Å².